The van der Waals surface area contributed by atoms with Crippen LogP contribution in [0.15, 0.2) is 30.5 Å². The first-order valence-electron chi connectivity index (χ1n) is 5.75. The molecule has 0 saturated carbocycles. The van der Waals surface area contributed by atoms with Crippen LogP contribution < -0.4 is 15.4 Å². The third kappa shape index (κ3) is 3.70. The lowest BCUT2D eigenvalue weighted by Crippen LogP contribution is -2.28. The van der Waals surface area contributed by atoms with E-state index in [0.717, 1.165) is 22.6 Å². The Bertz CT molecular complexity index is 631. The molecular weight excluding hydrogens is 276 g/mol. The van der Waals surface area contributed by atoms with Crippen LogP contribution in [0.1, 0.15) is 10.4 Å². The van der Waals surface area contributed by atoms with E-state index < -0.39 is 0 Å². The number of hydrogen-bond acceptors (Lipinski definition) is 5. The zero-order chi connectivity index (χ0) is 14.4. The maximum absolute atomic E-state index is 11.6. The van der Waals surface area contributed by atoms with E-state index in [1.54, 1.807) is 7.11 Å². The van der Waals surface area contributed by atoms with Crippen molar-refractivity contribution in [2.24, 2.45) is 0 Å². The van der Waals surface area contributed by atoms with E-state index in [9.17, 15) is 4.79 Å². The SMILES string of the molecule is COc1ccc(CNC(=O)Nc2ncc(C#N)s2)cc1. The molecule has 20 heavy (non-hydrogen) atoms. The molecule has 0 aliphatic rings. The molecule has 2 amide bonds. The molecule has 0 unspecified atom stereocenters. The zero-order valence-electron chi connectivity index (χ0n) is 10.7. The number of methoxy groups -OCH3 is 1. The fourth-order valence-electron chi connectivity index (χ4n) is 1.45. The number of ether oxygens (including phenoxy) is 1. The first-order chi connectivity index (χ1) is 9.71. The van der Waals surface area contributed by atoms with E-state index in [4.69, 9.17) is 10.00 Å². The fourth-order valence-corrected chi connectivity index (χ4v) is 2.06. The van der Waals surface area contributed by atoms with Crippen molar-refractivity contribution in [3.05, 3.63) is 40.9 Å². The molecule has 2 aromatic rings. The summed E-state index contributed by atoms with van der Waals surface area (Å²) in [5.41, 5.74) is 0.956. The van der Waals surface area contributed by atoms with Crippen LogP contribution in [-0.2, 0) is 6.54 Å². The van der Waals surface area contributed by atoms with Crippen LogP contribution in [0.5, 0.6) is 5.75 Å². The molecule has 2 rings (SSSR count). The van der Waals surface area contributed by atoms with E-state index in [1.807, 2.05) is 30.3 Å². The predicted molar refractivity (Wildman–Crippen MR) is 75.7 cm³/mol. The van der Waals surface area contributed by atoms with Crippen molar-refractivity contribution in [1.29, 1.82) is 5.26 Å². The molecule has 0 aliphatic carbocycles. The molecule has 2 N–H and O–H groups in total. The first kappa shape index (κ1) is 13.8. The molecule has 0 atom stereocenters. The number of carbonyl (C=O) groups is 1. The van der Waals surface area contributed by atoms with Crippen molar-refractivity contribution < 1.29 is 9.53 Å². The quantitative estimate of drug-likeness (QED) is 0.904. The Balaban J connectivity index is 1.84. The standard InChI is InChI=1S/C13H12N4O2S/c1-19-10-4-2-9(3-5-10)7-15-12(18)17-13-16-8-11(6-14)20-13/h2-5,8H,7H2,1H3,(H2,15,16,17,18). The van der Waals surface area contributed by atoms with Gasteiger partial charge in [0.05, 0.1) is 13.3 Å². The highest BCUT2D eigenvalue weighted by atomic mass is 32.1. The van der Waals surface area contributed by atoms with Crippen molar-refractivity contribution in [2.45, 2.75) is 6.54 Å². The lowest BCUT2D eigenvalue weighted by atomic mass is 10.2. The fraction of sp³-hybridized carbons (Fsp3) is 0.154. The lowest BCUT2D eigenvalue weighted by molar-refractivity contribution is 0.251. The smallest absolute Gasteiger partial charge is 0.321 e. The second-order valence-corrected chi connectivity index (χ2v) is 4.83. The van der Waals surface area contributed by atoms with Crippen molar-refractivity contribution in [1.82, 2.24) is 10.3 Å². The minimum absolute atomic E-state index is 0.361. The number of rotatable bonds is 4. The summed E-state index contributed by atoms with van der Waals surface area (Å²) in [7, 11) is 1.60. The van der Waals surface area contributed by atoms with Gasteiger partial charge in [0.25, 0.3) is 0 Å². The van der Waals surface area contributed by atoms with Gasteiger partial charge in [0.2, 0.25) is 0 Å². The van der Waals surface area contributed by atoms with Crippen LogP contribution >= 0.6 is 11.3 Å². The summed E-state index contributed by atoms with van der Waals surface area (Å²) >= 11 is 1.13. The summed E-state index contributed by atoms with van der Waals surface area (Å²) in [6.07, 6.45) is 1.42. The Morgan fingerprint density at radius 1 is 1.45 bits per heavy atom. The number of nitrogens with one attached hydrogen (secondary N) is 2. The van der Waals surface area contributed by atoms with Gasteiger partial charge in [0.1, 0.15) is 16.7 Å². The topological polar surface area (TPSA) is 87.0 Å². The van der Waals surface area contributed by atoms with E-state index in [2.05, 4.69) is 15.6 Å². The van der Waals surface area contributed by atoms with E-state index in [0.29, 0.717) is 16.6 Å². The Morgan fingerprint density at radius 2 is 2.20 bits per heavy atom. The number of hydrogen-bond donors (Lipinski definition) is 2. The Kier molecular flexibility index (Phi) is 4.52. The molecule has 0 saturated heterocycles. The minimum Gasteiger partial charge on any atom is -0.497 e. The highest BCUT2D eigenvalue weighted by Crippen LogP contribution is 2.16. The third-order valence-electron chi connectivity index (χ3n) is 2.45. The average molecular weight is 288 g/mol. The number of aromatic nitrogens is 1. The summed E-state index contributed by atoms with van der Waals surface area (Å²) in [5.74, 6) is 0.769. The summed E-state index contributed by atoms with van der Waals surface area (Å²) in [6, 6.07) is 9.00. The molecule has 0 bridgehead atoms. The molecule has 0 aliphatic heterocycles. The first-order valence-corrected chi connectivity index (χ1v) is 6.56. The summed E-state index contributed by atoms with van der Waals surface area (Å²) in [4.78, 5) is 16.0. The second kappa shape index (κ2) is 6.54. The van der Waals surface area contributed by atoms with Crippen molar-refractivity contribution in [3.63, 3.8) is 0 Å². The predicted octanol–water partition coefficient (Wildman–Crippen LogP) is 2.35. The van der Waals surface area contributed by atoms with Crippen LogP contribution in [0.25, 0.3) is 0 Å². The summed E-state index contributed by atoms with van der Waals surface area (Å²) < 4.78 is 5.05. The maximum Gasteiger partial charge on any atom is 0.321 e. The summed E-state index contributed by atoms with van der Waals surface area (Å²) in [5, 5.41) is 14.3. The molecular formula is C13H12N4O2S. The van der Waals surface area contributed by atoms with Crippen molar-refractivity contribution in [3.8, 4) is 11.8 Å². The molecule has 0 fully saturated rings. The molecule has 6 nitrogen and oxygen atoms in total. The van der Waals surface area contributed by atoms with Gasteiger partial charge in [0.15, 0.2) is 5.13 Å². The number of carbonyl (C=O) groups excluding carboxylic acids is 1. The largest absolute Gasteiger partial charge is 0.497 e. The zero-order valence-corrected chi connectivity index (χ0v) is 11.5. The number of urea groups is 1. The van der Waals surface area contributed by atoms with Crippen molar-refractivity contribution >= 4 is 22.5 Å². The highest BCUT2D eigenvalue weighted by molar-refractivity contribution is 7.16. The van der Waals surface area contributed by atoms with Gasteiger partial charge in [-0.2, -0.15) is 5.26 Å². The van der Waals surface area contributed by atoms with Gasteiger partial charge < -0.3 is 10.1 Å². The summed E-state index contributed by atoms with van der Waals surface area (Å²) in [6.45, 7) is 0.395. The van der Waals surface area contributed by atoms with E-state index >= 15 is 0 Å². The van der Waals surface area contributed by atoms with Crippen LogP contribution in [0.2, 0.25) is 0 Å². The normalized spacial score (nSPS) is 9.60. The Labute approximate surface area is 120 Å². The number of benzene rings is 1. The lowest BCUT2D eigenvalue weighted by Gasteiger charge is -2.06. The number of nitriles is 1. The molecule has 1 heterocycles. The number of amides is 2. The molecule has 1 aromatic carbocycles. The molecule has 102 valence electrons. The third-order valence-corrected chi connectivity index (χ3v) is 3.27. The molecule has 7 heteroatoms. The van der Waals surface area contributed by atoms with Crippen LogP contribution in [0.4, 0.5) is 9.93 Å². The van der Waals surface area contributed by atoms with Gasteiger partial charge in [-0.1, -0.05) is 23.5 Å². The van der Waals surface area contributed by atoms with Gasteiger partial charge >= 0.3 is 6.03 Å². The maximum atomic E-state index is 11.6. The molecule has 0 spiro atoms. The average Bonchev–Trinajstić information content (AvgIpc) is 2.93. The van der Waals surface area contributed by atoms with E-state index in [-0.39, 0.29) is 6.03 Å². The molecule has 0 radical (unpaired) electrons. The molecule has 1 aromatic heterocycles. The van der Waals surface area contributed by atoms with Crippen LogP contribution in [-0.4, -0.2) is 18.1 Å². The van der Waals surface area contributed by atoms with Gasteiger partial charge in [-0.3, -0.25) is 5.32 Å². The van der Waals surface area contributed by atoms with Gasteiger partial charge in [0, 0.05) is 6.54 Å². The second-order valence-electron chi connectivity index (χ2n) is 3.80. The number of thiazole rings is 1. The monoisotopic (exact) mass is 288 g/mol. The van der Waals surface area contributed by atoms with Gasteiger partial charge in [-0.15, -0.1) is 0 Å². The number of nitrogens with zero attached hydrogens (tertiary/aromatic N) is 2. The highest BCUT2D eigenvalue weighted by Gasteiger charge is 2.05. The Morgan fingerprint density at radius 3 is 2.80 bits per heavy atom. The van der Waals surface area contributed by atoms with E-state index in [1.165, 1.54) is 6.20 Å². The van der Waals surface area contributed by atoms with Crippen LogP contribution in [0, 0.1) is 11.3 Å². The van der Waals surface area contributed by atoms with Crippen molar-refractivity contribution in [2.75, 3.05) is 12.4 Å². The Hall–Kier alpha value is -2.59. The van der Waals surface area contributed by atoms with Gasteiger partial charge in [-0.25, -0.2) is 9.78 Å². The van der Waals surface area contributed by atoms with Gasteiger partial charge in [-0.05, 0) is 17.7 Å². The minimum atomic E-state index is -0.361. The van der Waals surface area contributed by atoms with Crippen LogP contribution in [0.3, 0.4) is 0 Å². The number of anilines is 1.